The van der Waals surface area contributed by atoms with Crippen molar-refractivity contribution in [2.45, 2.75) is 129 Å². The zero-order valence-corrected chi connectivity index (χ0v) is 37.9. The Kier molecular flexibility index (Phi) is 11.9. The Bertz CT molecular complexity index is 2150. The first-order chi connectivity index (χ1) is 28.5. The van der Waals surface area contributed by atoms with Crippen LogP contribution in [0.15, 0.2) is 36.9 Å². The van der Waals surface area contributed by atoms with Crippen molar-refractivity contribution < 1.29 is 63.0 Å². The summed E-state index contributed by atoms with van der Waals surface area (Å²) in [6, 6.07) is 5.87. The first-order valence-electron chi connectivity index (χ1n) is 21.3. The van der Waals surface area contributed by atoms with Gasteiger partial charge in [0, 0.05) is 13.1 Å². The Morgan fingerprint density at radius 1 is 1.08 bits per heavy atom. The molecule has 0 spiro atoms. The minimum atomic E-state index is -3.99. The van der Waals surface area contributed by atoms with Crippen LogP contribution in [0.1, 0.15) is 90.2 Å². The number of nitrogens with one attached hydrogen (secondary N) is 3. The molecule has 6 aliphatic rings. The van der Waals surface area contributed by atoms with E-state index in [4.69, 9.17) is 19.2 Å². The number of carbonyl (C=O) groups excluding carboxylic acids is 4. The van der Waals surface area contributed by atoms with E-state index in [1.165, 1.54) is 4.90 Å². The molecule has 8 rings (SSSR count). The van der Waals surface area contributed by atoms with Gasteiger partial charge in [-0.05, 0) is 6.42 Å². The standard InChI is InChI=1S/C43H58IN6O9S/c1-6-34-43(44-34,39(53)48-60(55,56)42(5)16-17-42)47-36(51)32-23-27-24-50(32)38(52)35(41(2,3)4)46-40(54)59-33-22-26(33)12-8-7-9-14-29-30(25-49-18-20-57-21-19-49)28-13-10-11-15-31(28)45-37(29)58-27/h6,10-11,13,15,26-27,32-35H,1,7-9,12,14,16-25H2,2-5H3,(H,46,54)(H,47,51)(H,48,53)/q-1/t26-,27-,32+,33-,34?,35-,43?/m1/s1. The second kappa shape index (κ2) is 16.6. The second-order valence-electron chi connectivity index (χ2n) is 18.6. The number of halogens is 1. The molecule has 3 saturated heterocycles. The number of sulfonamides is 1. The number of hydrogen-bond donors (Lipinski definition) is 3. The molecule has 1 aromatic heterocycles. The van der Waals surface area contributed by atoms with Crippen LogP contribution < -0.4 is 41.3 Å². The van der Waals surface area contributed by atoms with Crippen molar-refractivity contribution in [3.8, 4) is 5.88 Å². The van der Waals surface area contributed by atoms with E-state index in [0.717, 1.165) is 73.6 Å². The van der Waals surface area contributed by atoms with E-state index in [-0.39, 0.29) is 25.0 Å². The molecule has 0 radical (unpaired) electrons. The molecule has 5 heterocycles. The van der Waals surface area contributed by atoms with Crippen LogP contribution in [0, 0.1) is 11.3 Å². The Hall–Kier alpha value is -3.55. The molecule has 17 heteroatoms. The third-order valence-electron chi connectivity index (χ3n) is 13.0. The molecule has 2 unspecified atom stereocenters. The van der Waals surface area contributed by atoms with Gasteiger partial charge < -0.3 is 4.74 Å². The van der Waals surface area contributed by atoms with Crippen molar-refractivity contribution in [1.29, 1.82) is 0 Å². The zero-order valence-electron chi connectivity index (χ0n) is 35.0. The maximum atomic E-state index is 14.9. The fourth-order valence-electron chi connectivity index (χ4n) is 8.72. The van der Waals surface area contributed by atoms with Crippen molar-refractivity contribution in [1.82, 2.24) is 30.1 Å². The summed E-state index contributed by atoms with van der Waals surface area (Å²) in [5.74, 6) is -1.14. The predicted molar refractivity (Wildman–Crippen MR) is 219 cm³/mol. The number of hydrogen-bond acceptors (Lipinski definition) is 11. The SMILES string of the molecule is C=CC1[I-]C1(NC(=O)[C@@H]1C[C@@H]2CN1C(=O)[C@H](C(C)(C)C)NC(=O)O[C@@H]1C[C@H]1CCCCCc1c(nc3ccccc3c1CN1CCOCC1)O2)C(=O)NS(=O)(=O)C1(C)CC1. The summed E-state index contributed by atoms with van der Waals surface area (Å²) in [7, 11) is -3.99. The zero-order chi connectivity index (χ0) is 42.6. The van der Waals surface area contributed by atoms with E-state index >= 15 is 0 Å². The normalized spacial score (nSPS) is 31.0. The van der Waals surface area contributed by atoms with E-state index in [0.29, 0.717) is 38.5 Å². The number of amides is 4. The van der Waals surface area contributed by atoms with Crippen molar-refractivity contribution in [2.24, 2.45) is 11.3 Å². The molecule has 4 amide bonds. The van der Waals surface area contributed by atoms with Crippen LogP contribution in [0.3, 0.4) is 0 Å². The van der Waals surface area contributed by atoms with Gasteiger partial charge in [0.25, 0.3) is 0 Å². The monoisotopic (exact) mass is 961 g/mol. The first-order valence-corrected chi connectivity index (χ1v) is 25.1. The fourth-order valence-corrected chi connectivity index (χ4v) is 12.9. The number of ether oxygens (including phenoxy) is 3. The van der Waals surface area contributed by atoms with Gasteiger partial charge in [0.05, 0.1) is 13.2 Å². The maximum absolute atomic E-state index is 14.9. The Morgan fingerprint density at radius 2 is 1.83 bits per heavy atom. The van der Waals surface area contributed by atoms with E-state index in [1.54, 1.807) is 13.0 Å². The molecule has 15 nitrogen and oxygen atoms in total. The van der Waals surface area contributed by atoms with Crippen LogP contribution in [-0.2, 0) is 46.8 Å². The minimum absolute atomic E-state index is 0.00351. The number of alkyl halides is 2. The number of pyridine rings is 1. The molecule has 4 aliphatic heterocycles. The topological polar surface area (TPSA) is 186 Å². The summed E-state index contributed by atoms with van der Waals surface area (Å²) in [6.45, 7) is 14.6. The van der Waals surface area contributed by atoms with Gasteiger partial charge in [0.2, 0.25) is 0 Å². The van der Waals surface area contributed by atoms with Crippen molar-refractivity contribution in [2.75, 3.05) is 32.8 Å². The number of fused-ring (bicyclic) bond motifs is 5. The van der Waals surface area contributed by atoms with Gasteiger partial charge in [-0.2, -0.15) is 0 Å². The second-order valence-corrected chi connectivity index (χ2v) is 24.4. The van der Waals surface area contributed by atoms with Gasteiger partial charge in [-0.3, -0.25) is 0 Å². The summed E-state index contributed by atoms with van der Waals surface area (Å²) < 4.78 is 44.1. The Labute approximate surface area is 362 Å². The van der Waals surface area contributed by atoms with Crippen LogP contribution in [0.25, 0.3) is 10.9 Å². The average molecular weight is 962 g/mol. The average Bonchev–Trinajstić information content (AvgIpc) is 4.16. The third kappa shape index (κ3) is 8.87. The number of aromatic nitrogens is 1. The van der Waals surface area contributed by atoms with Gasteiger partial charge >= 0.3 is 315 Å². The molecule has 2 aromatic rings. The third-order valence-corrected chi connectivity index (χ3v) is 19.0. The number of nitrogens with zero attached hydrogens (tertiary/aromatic N) is 3. The van der Waals surface area contributed by atoms with Gasteiger partial charge in [-0.1, -0.05) is 12.5 Å². The number of rotatable bonds is 8. The van der Waals surface area contributed by atoms with Crippen molar-refractivity contribution in [3.63, 3.8) is 0 Å². The van der Waals surface area contributed by atoms with Gasteiger partial charge in [0.15, 0.2) is 0 Å². The number of benzene rings is 1. The molecule has 5 fully saturated rings. The number of alkyl carbamates (subject to hydrolysis) is 1. The molecule has 7 atom stereocenters. The molecule has 2 aliphatic carbocycles. The molecular weight excluding hydrogens is 903 g/mol. The quantitative estimate of drug-likeness (QED) is 0.145. The number of carbonyl (C=O) groups is 4. The molecule has 60 heavy (non-hydrogen) atoms. The van der Waals surface area contributed by atoms with Crippen molar-refractivity contribution in [3.05, 3.63) is 48.0 Å². The van der Waals surface area contributed by atoms with Crippen LogP contribution >= 0.6 is 0 Å². The van der Waals surface area contributed by atoms with E-state index in [2.05, 4.69) is 32.9 Å². The van der Waals surface area contributed by atoms with Gasteiger partial charge in [-0.15, -0.1) is 0 Å². The Morgan fingerprint density at radius 3 is 2.53 bits per heavy atom. The van der Waals surface area contributed by atoms with Gasteiger partial charge in [0.1, 0.15) is 0 Å². The summed E-state index contributed by atoms with van der Waals surface area (Å²) in [5, 5.41) is 6.83. The number of morpholine rings is 1. The van der Waals surface area contributed by atoms with Crippen LogP contribution in [-0.4, -0.2) is 116 Å². The van der Waals surface area contributed by atoms with E-state index in [1.807, 2.05) is 39.0 Å². The molecule has 1 aromatic carbocycles. The van der Waals surface area contributed by atoms with Gasteiger partial charge in [-0.25, -0.2) is 0 Å². The summed E-state index contributed by atoms with van der Waals surface area (Å²) in [6.07, 6.45) is 6.24. The fraction of sp³-hybridized carbons (Fsp3) is 0.651. The van der Waals surface area contributed by atoms with Crippen molar-refractivity contribution >= 4 is 44.7 Å². The predicted octanol–water partition coefficient (Wildman–Crippen LogP) is 0.529. The molecule has 328 valence electrons. The molecule has 2 saturated carbocycles. The first kappa shape index (κ1) is 43.1. The Balaban J connectivity index is 1.15. The van der Waals surface area contributed by atoms with E-state index in [9.17, 15) is 27.6 Å². The summed E-state index contributed by atoms with van der Waals surface area (Å²) >= 11 is -1.06. The molecule has 3 N–H and O–H groups in total. The van der Waals surface area contributed by atoms with Crippen LogP contribution in [0.2, 0.25) is 0 Å². The molecular formula is C43H58IN6O9S-. The molecule has 2 bridgehead atoms. The summed E-state index contributed by atoms with van der Waals surface area (Å²) in [5.41, 5.74) is 2.16. The summed E-state index contributed by atoms with van der Waals surface area (Å²) in [4.78, 5) is 65.6. The van der Waals surface area contributed by atoms with Crippen LogP contribution in [0.4, 0.5) is 4.79 Å². The van der Waals surface area contributed by atoms with Crippen LogP contribution in [0.5, 0.6) is 5.88 Å². The number of para-hydroxylation sites is 1. The van der Waals surface area contributed by atoms with E-state index < -0.39 is 90.9 Å².